The molecule has 0 unspecified atom stereocenters. The van der Waals surface area contributed by atoms with Gasteiger partial charge in [-0.25, -0.2) is 4.79 Å². The Morgan fingerprint density at radius 2 is 1.91 bits per heavy atom. The summed E-state index contributed by atoms with van der Waals surface area (Å²) >= 11 is 0. The number of carbonyl (C=O) groups is 1. The highest BCUT2D eigenvalue weighted by molar-refractivity contribution is 5.86. The molecular weight excluding hydrogens is 296 g/mol. The van der Waals surface area contributed by atoms with Crippen molar-refractivity contribution >= 4 is 12.0 Å². The van der Waals surface area contributed by atoms with Crippen LogP contribution < -0.4 is 9.47 Å². The summed E-state index contributed by atoms with van der Waals surface area (Å²) in [6, 6.07) is 14.9. The summed E-state index contributed by atoms with van der Waals surface area (Å²) < 4.78 is 16.1. The number of hydrogen-bond acceptors (Lipinski definition) is 4. The molecule has 1 N–H and O–H groups in total. The van der Waals surface area contributed by atoms with E-state index in [1.807, 2.05) is 30.3 Å². The summed E-state index contributed by atoms with van der Waals surface area (Å²) in [6.07, 6.45) is 2.56. The maximum Gasteiger partial charge on any atom is 0.328 e. The lowest BCUT2D eigenvalue weighted by Crippen LogP contribution is -2.01. The van der Waals surface area contributed by atoms with E-state index in [9.17, 15) is 4.79 Å². The van der Waals surface area contributed by atoms with E-state index in [-0.39, 0.29) is 6.79 Å². The van der Waals surface area contributed by atoms with Gasteiger partial charge in [0.05, 0.1) is 0 Å². The third-order valence-corrected chi connectivity index (χ3v) is 2.97. The van der Waals surface area contributed by atoms with Gasteiger partial charge in [-0.15, -0.1) is 0 Å². The Kier molecular flexibility index (Phi) is 6.20. The number of hydrogen-bond donors (Lipinski definition) is 1. The van der Waals surface area contributed by atoms with Crippen LogP contribution in [0.3, 0.4) is 0 Å². The van der Waals surface area contributed by atoms with Gasteiger partial charge in [-0.2, -0.15) is 0 Å². The molecule has 0 aliphatic heterocycles. The Hall–Kier alpha value is -2.79. The predicted molar refractivity (Wildman–Crippen MR) is 86.4 cm³/mol. The van der Waals surface area contributed by atoms with E-state index in [0.717, 1.165) is 11.6 Å². The molecule has 2 aromatic carbocycles. The summed E-state index contributed by atoms with van der Waals surface area (Å²) in [5.74, 6) is 0.112. The molecule has 0 atom stereocenters. The zero-order valence-corrected chi connectivity index (χ0v) is 12.8. The van der Waals surface area contributed by atoms with Crippen molar-refractivity contribution in [1.29, 1.82) is 0 Å². The first-order chi connectivity index (χ1) is 11.2. The Bertz CT molecular complexity index is 664. The highest BCUT2D eigenvalue weighted by Crippen LogP contribution is 2.27. The fraction of sp³-hybridized carbons (Fsp3) is 0.167. The van der Waals surface area contributed by atoms with Gasteiger partial charge < -0.3 is 19.3 Å². The van der Waals surface area contributed by atoms with Gasteiger partial charge in [0.25, 0.3) is 0 Å². The Morgan fingerprint density at radius 3 is 2.61 bits per heavy atom. The van der Waals surface area contributed by atoms with Crippen LogP contribution in [0, 0.1) is 0 Å². The maximum absolute atomic E-state index is 10.7. The SMILES string of the molecule is COCOc1ccc(/C=C/C(=O)O)c(OCc2ccccc2)c1. The lowest BCUT2D eigenvalue weighted by molar-refractivity contribution is -0.131. The highest BCUT2D eigenvalue weighted by atomic mass is 16.7. The first-order valence-electron chi connectivity index (χ1n) is 7.02. The first-order valence-corrected chi connectivity index (χ1v) is 7.02. The molecule has 0 saturated carbocycles. The van der Waals surface area contributed by atoms with Gasteiger partial charge in [0.1, 0.15) is 18.1 Å². The van der Waals surface area contributed by atoms with Crippen molar-refractivity contribution in [2.75, 3.05) is 13.9 Å². The van der Waals surface area contributed by atoms with Gasteiger partial charge in [-0.05, 0) is 23.8 Å². The second-order valence-corrected chi connectivity index (χ2v) is 4.70. The molecule has 0 spiro atoms. The van der Waals surface area contributed by atoms with E-state index in [1.165, 1.54) is 13.2 Å². The smallest absolute Gasteiger partial charge is 0.328 e. The number of methoxy groups -OCH3 is 1. The highest BCUT2D eigenvalue weighted by Gasteiger charge is 2.05. The van der Waals surface area contributed by atoms with Crippen LogP contribution in [0.15, 0.2) is 54.6 Å². The number of ether oxygens (including phenoxy) is 3. The third kappa shape index (κ3) is 5.48. The van der Waals surface area contributed by atoms with E-state index >= 15 is 0 Å². The third-order valence-electron chi connectivity index (χ3n) is 2.97. The molecule has 0 heterocycles. The number of benzene rings is 2. The van der Waals surface area contributed by atoms with Crippen LogP contribution in [0.4, 0.5) is 0 Å². The molecule has 2 aromatic rings. The second kappa shape index (κ2) is 8.60. The standard InChI is InChI=1S/C18H18O5/c1-21-13-23-16-9-7-15(8-10-18(19)20)17(11-16)22-12-14-5-3-2-4-6-14/h2-11H,12-13H2,1H3,(H,19,20)/b10-8+. The minimum Gasteiger partial charge on any atom is -0.488 e. The van der Waals surface area contributed by atoms with Crippen LogP contribution in [0.2, 0.25) is 0 Å². The number of rotatable bonds is 8. The average molecular weight is 314 g/mol. The van der Waals surface area contributed by atoms with Crippen molar-refractivity contribution in [2.45, 2.75) is 6.61 Å². The van der Waals surface area contributed by atoms with Crippen LogP contribution in [0.25, 0.3) is 6.08 Å². The van der Waals surface area contributed by atoms with Crippen molar-refractivity contribution in [3.63, 3.8) is 0 Å². The van der Waals surface area contributed by atoms with Gasteiger partial charge in [-0.1, -0.05) is 30.3 Å². The van der Waals surface area contributed by atoms with Crippen molar-refractivity contribution in [1.82, 2.24) is 0 Å². The van der Waals surface area contributed by atoms with E-state index in [1.54, 1.807) is 18.2 Å². The molecule has 2 rings (SSSR count). The van der Waals surface area contributed by atoms with Gasteiger partial charge in [0, 0.05) is 24.8 Å². The van der Waals surface area contributed by atoms with Gasteiger partial charge in [-0.3, -0.25) is 0 Å². The fourth-order valence-electron chi connectivity index (χ4n) is 1.89. The number of carboxylic acids is 1. The molecule has 0 saturated heterocycles. The van der Waals surface area contributed by atoms with Gasteiger partial charge in [0.2, 0.25) is 0 Å². The second-order valence-electron chi connectivity index (χ2n) is 4.70. The van der Waals surface area contributed by atoms with Gasteiger partial charge >= 0.3 is 5.97 Å². The minimum absolute atomic E-state index is 0.127. The van der Waals surface area contributed by atoms with Crippen molar-refractivity contribution in [2.24, 2.45) is 0 Å². The quantitative estimate of drug-likeness (QED) is 0.598. The predicted octanol–water partition coefficient (Wildman–Crippen LogP) is 3.35. The van der Waals surface area contributed by atoms with Crippen LogP contribution in [-0.2, 0) is 16.1 Å². The van der Waals surface area contributed by atoms with Gasteiger partial charge in [0.15, 0.2) is 6.79 Å². The Morgan fingerprint density at radius 1 is 1.13 bits per heavy atom. The van der Waals surface area contributed by atoms with Crippen LogP contribution in [0.1, 0.15) is 11.1 Å². The molecule has 5 nitrogen and oxygen atoms in total. The van der Waals surface area contributed by atoms with Crippen molar-refractivity contribution < 1.29 is 24.1 Å². The summed E-state index contributed by atoms with van der Waals surface area (Å²) in [4.78, 5) is 10.7. The van der Waals surface area contributed by atoms with Crippen LogP contribution in [-0.4, -0.2) is 25.0 Å². The van der Waals surface area contributed by atoms with E-state index in [4.69, 9.17) is 19.3 Å². The summed E-state index contributed by atoms with van der Waals surface area (Å²) in [5.41, 5.74) is 1.68. The molecule has 0 bridgehead atoms. The number of carboxylic acid groups (broad SMARTS) is 1. The Labute approximate surface area is 134 Å². The number of aliphatic carboxylic acids is 1. The van der Waals surface area contributed by atoms with E-state index < -0.39 is 5.97 Å². The summed E-state index contributed by atoms with van der Waals surface area (Å²) in [5, 5.41) is 8.78. The molecular formula is C18H18O5. The summed E-state index contributed by atoms with van der Waals surface area (Å²) in [7, 11) is 1.54. The Balaban J connectivity index is 2.18. The lowest BCUT2D eigenvalue weighted by atomic mass is 10.1. The molecule has 0 radical (unpaired) electrons. The van der Waals surface area contributed by atoms with E-state index in [0.29, 0.717) is 23.7 Å². The minimum atomic E-state index is -1.02. The zero-order valence-electron chi connectivity index (χ0n) is 12.8. The first kappa shape index (κ1) is 16.6. The molecule has 0 aromatic heterocycles. The summed E-state index contributed by atoms with van der Waals surface area (Å²) in [6.45, 7) is 0.505. The van der Waals surface area contributed by atoms with E-state index in [2.05, 4.69) is 0 Å². The molecule has 23 heavy (non-hydrogen) atoms. The van der Waals surface area contributed by atoms with Crippen LogP contribution in [0.5, 0.6) is 11.5 Å². The monoisotopic (exact) mass is 314 g/mol. The molecule has 0 aliphatic rings. The average Bonchev–Trinajstić information content (AvgIpc) is 2.57. The zero-order chi connectivity index (χ0) is 16.5. The molecule has 5 heteroatoms. The molecule has 0 amide bonds. The molecule has 0 aliphatic carbocycles. The van der Waals surface area contributed by atoms with Crippen molar-refractivity contribution in [3.05, 3.63) is 65.7 Å². The van der Waals surface area contributed by atoms with Crippen LogP contribution >= 0.6 is 0 Å². The topological polar surface area (TPSA) is 65.0 Å². The fourth-order valence-corrected chi connectivity index (χ4v) is 1.89. The normalized spacial score (nSPS) is 10.7. The van der Waals surface area contributed by atoms with Crippen molar-refractivity contribution in [3.8, 4) is 11.5 Å². The largest absolute Gasteiger partial charge is 0.488 e. The molecule has 0 fully saturated rings. The maximum atomic E-state index is 10.7. The lowest BCUT2D eigenvalue weighted by Gasteiger charge is -2.12. The molecule has 120 valence electrons.